The van der Waals surface area contributed by atoms with Gasteiger partial charge in [-0.2, -0.15) is 0 Å². The van der Waals surface area contributed by atoms with Crippen LogP contribution in [-0.4, -0.2) is 6.72 Å². The summed E-state index contributed by atoms with van der Waals surface area (Å²) in [5, 5.41) is 0. The average molecular weight is 161 g/mol. The molecular formula is C11H15N. The van der Waals surface area contributed by atoms with Crippen LogP contribution in [0.3, 0.4) is 0 Å². The van der Waals surface area contributed by atoms with E-state index in [2.05, 4.69) is 18.3 Å². The van der Waals surface area contributed by atoms with Crippen LogP contribution in [0.2, 0.25) is 0 Å². The maximum atomic E-state index is 3.70. The molecule has 0 saturated carbocycles. The SMILES string of the molecule is C=C/C(C)=C(\C=C/C)/C=C\N=C. The zero-order valence-corrected chi connectivity index (χ0v) is 7.75. The van der Waals surface area contributed by atoms with Crippen LogP contribution in [0, 0.1) is 0 Å². The van der Waals surface area contributed by atoms with Crippen LogP contribution in [0.4, 0.5) is 0 Å². The maximum absolute atomic E-state index is 3.70. The summed E-state index contributed by atoms with van der Waals surface area (Å²) in [6, 6.07) is 0. The molecule has 64 valence electrons. The van der Waals surface area contributed by atoms with Gasteiger partial charge >= 0.3 is 0 Å². The van der Waals surface area contributed by atoms with Gasteiger partial charge in [0.15, 0.2) is 0 Å². The molecule has 0 aromatic carbocycles. The van der Waals surface area contributed by atoms with E-state index in [-0.39, 0.29) is 0 Å². The van der Waals surface area contributed by atoms with Crippen LogP contribution in [0.25, 0.3) is 0 Å². The van der Waals surface area contributed by atoms with Crippen molar-refractivity contribution in [2.75, 3.05) is 0 Å². The number of allylic oxidation sites excluding steroid dienone is 6. The van der Waals surface area contributed by atoms with Gasteiger partial charge in [0.05, 0.1) is 0 Å². The molecule has 0 amide bonds. The first-order chi connectivity index (χ1) is 5.76. The summed E-state index contributed by atoms with van der Waals surface area (Å²) in [7, 11) is 0. The van der Waals surface area contributed by atoms with E-state index >= 15 is 0 Å². The molecule has 0 bridgehead atoms. The number of nitrogens with zero attached hydrogens (tertiary/aromatic N) is 1. The van der Waals surface area contributed by atoms with Gasteiger partial charge in [-0.05, 0) is 37.8 Å². The monoisotopic (exact) mass is 161 g/mol. The van der Waals surface area contributed by atoms with Crippen LogP contribution in [0.15, 0.2) is 53.2 Å². The van der Waals surface area contributed by atoms with E-state index in [9.17, 15) is 0 Å². The molecule has 1 nitrogen and oxygen atoms in total. The van der Waals surface area contributed by atoms with Crippen molar-refractivity contribution in [2.24, 2.45) is 4.99 Å². The molecule has 0 fully saturated rings. The van der Waals surface area contributed by atoms with Crippen molar-refractivity contribution in [2.45, 2.75) is 13.8 Å². The molecule has 0 aromatic heterocycles. The molecule has 0 aliphatic heterocycles. The molecule has 0 saturated heterocycles. The van der Waals surface area contributed by atoms with Crippen molar-refractivity contribution in [3.63, 3.8) is 0 Å². The van der Waals surface area contributed by atoms with Crippen molar-refractivity contribution in [3.8, 4) is 0 Å². The van der Waals surface area contributed by atoms with Crippen molar-refractivity contribution in [1.82, 2.24) is 0 Å². The molecule has 0 aliphatic rings. The third kappa shape index (κ3) is 3.71. The summed E-state index contributed by atoms with van der Waals surface area (Å²) in [6.07, 6.45) is 9.39. The highest BCUT2D eigenvalue weighted by Gasteiger charge is 1.88. The zero-order chi connectivity index (χ0) is 9.40. The van der Waals surface area contributed by atoms with Crippen LogP contribution >= 0.6 is 0 Å². The summed E-state index contributed by atoms with van der Waals surface area (Å²) in [5.41, 5.74) is 2.24. The Labute approximate surface area is 74.5 Å². The van der Waals surface area contributed by atoms with Crippen molar-refractivity contribution >= 4 is 6.72 Å². The minimum atomic E-state index is 1.11. The van der Waals surface area contributed by atoms with Crippen LogP contribution < -0.4 is 0 Å². The molecule has 0 aliphatic carbocycles. The van der Waals surface area contributed by atoms with Gasteiger partial charge in [-0.3, -0.25) is 4.99 Å². The fraction of sp³-hybridized carbons (Fsp3) is 0.182. The van der Waals surface area contributed by atoms with E-state index in [0.29, 0.717) is 0 Å². The average Bonchev–Trinajstić information content (AvgIpc) is 2.11. The van der Waals surface area contributed by atoms with E-state index in [1.165, 1.54) is 0 Å². The molecule has 0 N–H and O–H groups in total. The summed E-state index contributed by atoms with van der Waals surface area (Å²) in [5.74, 6) is 0. The molecule has 0 spiro atoms. The Morgan fingerprint density at radius 2 is 2.00 bits per heavy atom. The van der Waals surface area contributed by atoms with E-state index in [4.69, 9.17) is 0 Å². The van der Waals surface area contributed by atoms with E-state index < -0.39 is 0 Å². The molecule has 0 unspecified atom stereocenters. The molecule has 0 atom stereocenters. The third-order valence-electron chi connectivity index (χ3n) is 1.47. The maximum Gasteiger partial charge on any atom is 0.0266 e. The predicted octanol–water partition coefficient (Wildman–Crippen LogP) is 3.28. The normalized spacial score (nSPS) is 13.5. The van der Waals surface area contributed by atoms with Gasteiger partial charge in [0, 0.05) is 6.20 Å². The fourth-order valence-electron chi connectivity index (χ4n) is 0.749. The lowest BCUT2D eigenvalue weighted by molar-refractivity contribution is 1.43. The molecule has 0 radical (unpaired) electrons. The number of hydrogen-bond donors (Lipinski definition) is 0. The molecule has 0 aromatic rings. The Morgan fingerprint density at radius 3 is 2.42 bits per heavy atom. The van der Waals surface area contributed by atoms with Gasteiger partial charge in [-0.25, -0.2) is 0 Å². The smallest absolute Gasteiger partial charge is 0.0266 e. The Hall–Kier alpha value is -1.37. The Morgan fingerprint density at radius 1 is 1.33 bits per heavy atom. The van der Waals surface area contributed by atoms with Crippen molar-refractivity contribution < 1.29 is 0 Å². The highest BCUT2D eigenvalue weighted by atomic mass is 14.6. The molecule has 0 rings (SSSR count). The van der Waals surface area contributed by atoms with Crippen LogP contribution in [0.1, 0.15) is 13.8 Å². The van der Waals surface area contributed by atoms with Crippen LogP contribution in [-0.2, 0) is 0 Å². The van der Waals surface area contributed by atoms with Gasteiger partial charge < -0.3 is 0 Å². The van der Waals surface area contributed by atoms with Gasteiger partial charge in [-0.15, -0.1) is 0 Å². The quantitative estimate of drug-likeness (QED) is 0.443. The number of rotatable bonds is 4. The van der Waals surface area contributed by atoms with Crippen molar-refractivity contribution in [3.05, 3.63) is 48.2 Å². The number of aliphatic imine (C=N–C) groups is 1. The lowest BCUT2D eigenvalue weighted by Crippen LogP contribution is -1.76. The second kappa shape index (κ2) is 6.35. The number of hydrogen-bond acceptors (Lipinski definition) is 1. The summed E-state index contributed by atoms with van der Waals surface area (Å²) < 4.78 is 0. The zero-order valence-electron chi connectivity index (χ0n) is 7.75. The second-order valence-electron chi connectivity index (χ2n) is 2.34. The topological polar surface area (TPSA) is 12.4 Å². The summed E-state index contributed by atoms with van der Waals surface area (Å²) in [4.78, 5) is 3.64. The fourth-order valence-corrected chi connectivity index (χ4v) is 0.749. The first-order valence-electron chi connectivity index (χ1n) is 3.84. The second-order valence-corrected chi connectivity index (χ2v) is 2.34. The highest BCUT2D eigenvalue weighted by Crippen LogP contribution is 2.08. The highest BCUT2D eigenvalue weighted by molar-refractivity contribution is 5.39. The van der Waals surface area contributed by atoms with Gasteiger partial charge in [0.2, 0.25) is 0 Å². The van der Waals surface area contributed by atoms with Crippen LogP contribution in [0.5, 0.6) is 0 Å². The third-order valence-corrected chi connectivity index (χ3v) is 1.47. The van der Waals surface area contributed by atoms with Crippen molar-refractivity contribution in [1.29, 1.82) is 0 Å². The first kappa shape index (κ1) is 10.6. The standard InChI is InChI=1S/C11H15N/c1-5-7-11(8-9-12-4)10(3)6-2/h5-9H,2,4H2,1,3H3/b7-5-,9-8-,11-10+. The minimum absolute atomic E-state index is 1.11. The molecule has 1 heteroatoms. The molecule has 0 heterocycles. The first-order valence-corrected chi connectivity index (χ1v) is 3.84. The Kier molecular flexibility index (Phi) is 5.62. The van der Waals surface area contributed by atoms with Gasteiger partial charge in [0.25, 0.3) is 0 Å². The lowest BCUT2D eigenvalue weighted by atomic mass is 10.1. The van der Waals surface area contributed by atoms with Gasteiger partial charge in [-0.1, -0.05) is 24.8 Å². The largest absolute Gasteiger partial charge is 0.272 e. The molecule has 12 heavy (non-hydrogen) atoms. The molecular weight excluding hydrogens is 146 g/mol. The summed E-state index contributed by atoms with van der Waals surface area (Å²) in [6.45, 7) is 11.1. The van der Waals surface area contributed by atoms with E-state index in [1.54, 1.807) is 6.20 Å². The Balaban J connectivity index is 4.76. The van der Waals surface area contributed by atoms with E-state index in [1.807, 2.05) is 38.2 Å². The minimum Gasteiger partial charge on any atom is -0.272 e. The predicted molar refractivity (Wildman–Crippen MR) is 56.4 cm³/mol. The lowest BCUT2D eigenvalue weighted by Gasteiger charge is -1.96. The Bertz CT molecular complexity index is 242. The summed E-state index contributed by atoms with van der Waals surface area (Å²) >= 11 is 0. The van der Waals surface area contributed by atoms with Gasteiger partial charge in [0.1, 0.15) is 0 Å². The van der Waals surface area contributed by atoms with E-state index in [0.717, 1.165) is 11.1 Å².